The molecule has 3 nitrogen and oxygen atoms in total. The third-order valence-electron chi connectivity index (χ3n) is 4.70. The second-order valence-corrected chi connectivity index (χ2v) is 6.59. The Kier molecular flexibility index (Phi) is 5.05. The molecule has 1 atom stereocenters. The maximum absolute atomic E-state index is 10.6. The molecule has 1 aliphatic carbocycles. The fraction of sp³-hybridized carbons (Fsp3) is 1.00. The summed E-state index contributed by atoms with van der Waals surface area (Å²) in [7, 11) is 0. The molecule has 1 unspecified atom stereocenters. The average molecular weight is 254 g/mol. The van der Waals surface area contributed by atoms with E-state index in [1.165, 1.54) is 38.6 Å². The topological polar surface area (TPSA) is 35.5 Å². The lowest BCUT2D eigenvalue weighted by molar-refractivity contribution is 0.0229. The van der Waals surface area contributed by atoms with Crippen LogP contribution in [-0.2, 0) is 0 Å². The Morgan fingerprint density at radius 1 is 1.22 bits per heavy atom. The summed E-state index contributed by atoms with van der Waals surface area (Å²) in [4.78, 5) is 2.52. The summed E-state index contributed by atoms with van der Waals surface area (Å²) in [5, 5.41) is 14.2. The lowest BCUT2D eigenvalue weighted by Gasteiger charge is -2.29. The molecule has 0 aromatic heterocycles. The van der Waals surface area contributed by atoms with Crippen molar-refractivity contribution in [2.24, 2.45) is 0 Å². The molecular weight excluding hydrogens is 224 g/mol. The van der Waals surface area contributed by atoms with Crippen LogP contribution in [0.25, 0.3) is 0 Å². The summed E-state index contributed by atoms with van der Waals surface area (Å²) in [5.74, 6) is 0. The first-order valence-electron chi connectivity index (χ1n) is 7.79. The standard InChI is InChI=1S/C15H30N2O/c1-13(2)17-10-7-14(11-17)16-12-15(18)8-5-3-4-6-9-15/h13-14,16,18H,3-12H2,1-2H3. The Balaban J connectivity index is 1.74. The maximum Gasteiger partial charge on any atom is 0.0771 e. The lowest BCUT2D eigenvalue weighted by atomic mass is 9.94. The predicted octanol–water partition coefficient (Wildman–Crippen LogP) is 2.14. The first-order valence-corrected chi connectivity index (χ1v) is 7.79. The quantitative estimate of drug-likeness (QED) is 0.755. The smallest absolute Gasteiger partial charge is 0.0771 e. The molecule has 1 saturated carbocycles. The molecule has 1 heterocycles. The first kappa shape index (κ1) is 14.3. The Morgan fingerprint density at radius 2 is 1.89 bits per heavy atom. The highest BCUT2D eigenvalue weighted by atomic mass is 16.3. The summed E-state index contributed by atoms with van der Waals surface area (Å²) >= 11 is 0. The van der Waals surface area contributed by atoms with Crippen molar-refractivity contribution in [3.05, 3.63) is 0 Å². The molecule has 2 N–H and O–H groups in total. The van der Waals surface area contributed by atoms with Crippen LogP contribution in [0.15, 0.2) is 0 Å². The van der Waals surface area contributed by atoms with Crippen molar-refractivity contribution >= 4 is 0 Å². The third-order valence-corrected chi connectivity index (χ3v) is 4.70. The normalized spacial score (nSPS) is 29.7. The van der Waals surface area contributed by atoms with Crippen LogP contribution in [0.3, 0.4) is 0 Å². The van der Waals surface area contributed by atoms with Gasteiger partial charge < -0.3 is 10.4 Å². The van der Waals surface area contributed by atoms with Gasteiger partial charge in [0.05, 0.1) is 5.60 Å². The van der Waals surface area contributed by atoms with E-state index in [1.807, 2.05) is 0 Å². The maximum atomic E-state index is 10.6. The van der Waals surface area contributed by atoms with E-state index in [2.05, 4.69) is 24.1 Å². The second-order valence-electron chi connectivity index (χ2n) is 6.59. The lowest BCUT2D eigenvalue weighted by Crippen LogP contribution is -2.45. The molecule has 106 valence electrons. The Hall–Kier alpha value is -0.120. The number of aliphatic hydroxyl groups is 1. The molecule has 2 aliphatic rings. The number of rotatable bonds is 4. The summed E-state index contributed by atoms with van der Waals surface area (Å²) in [6.45, 7) is 7.67. The van der Waals surface area contributed by atoms with Crippen LogP contribution >= 0.6 is 0 Å². The van der Waals surface area contributed by atoms with Gasteiger partial charge in [-0.2, -0.15) is 0 Å². The molecule has 0 amide bonds. The summed E-state index contributed by atoms with van der Waals surface area (Å²) in [6.07, 6.45) is 8.19. The first-order chi connectivity index (χ1) is 8.59. The van der Waals surface area contributed by atoms with Crippen molar-refractivity contribution in [3.63, 3.8) is 0 Å². The van der Waals surface area contributed by atoms with E-state index < -0.39 is 5.60 Å². The van der Waals surface area contributed by atoms with Crippen LogP contribution in [0.2, 0.25) is 0 Å². The zero-order valence-electron chi connectivity index (χ0n) is 12.1. The van der Waals surface area contributed by atoms with Crippen LogP contribution < -0.4 is 5.32 Å². The van der Waals surface area contributed by atoms with E-state index in [0.717, 1.165) is 25.9 Å². The molecule has 1 aliphatic heterocycles. The summed E-state index contributed by atoms with van der Waals surface area (Å²) in [6, 6.07) is 1.23. The van der Waals surface area contributed by atoms with Crippen molar-refractivity contribution in [2.75, 3.05) is 19.6 Å². The Bertz CT molecular complexity index is 247. The van der Waals surface area contributed by atoms with Crippen LogP contribution in [0.1, 0.15) is 58.8 Å². The van der Waals surface area contributed by atoms with Crippen LogP contribution in [0, 0.1) is 0 Å². The van der Waals surface area contributed by atoms with E-state index in [0.29, 0.717) is 12.1 Å². The molecule has 0 aromatic carbocycles. The van der Waals surface area contributed by atoms with Gasteiger partial charge in [-0.25, -0.2) is 0 Å². The Morgan fingerprint density at radius 3 is 2.44 bits per heavy atom. The summed E-state index contributed by atoms with van der Waals surface area (Å²) in [5.41, 5.74) is -0.429. The minimum absolute atomic E-state index is 0.429. The number of hydrogen-bond donors (Lipinski definition) is 2. The molecule has 0 bridgehead atoms. The van der Waals surface area contributed by atoms with E-state index in [-0.39, 0.29) is 0 Å². The number of nitrogens with zero attached hydrogens (tertiary/aromatic N) is 1. The Labute approximate surface area is 112 Å². The number of likely N-dealkylation sites (tertiary alicyclic amines) is 1. The van der Waals surface area contributed by atoms with Gasteiger partial charge in [-0.15, -0.1) is 0 Å². The van der Waals surface area contributed by atoms with Gasteiger partial charge in [0.15, 0.2) is 0 Å². The minimum atomic E-state index is -0.429. The van der Waals surface area contributed by atoms with E-state index in [1.54, 1.807) is 0 Å². The van der Waals surface area contributed by atoms with Crippen LogP contribution in [-0.4, -0.2) is 47.3 Å². The van der Waals surface area contributed by atoms with Gasteiger partial charge in [-0.05, 0) is 39.7 Å². The zero-order chi connectivity index (χ0) is 13.0. The van der Waals surface area contributed by atoms with E-state index in [4.69, 9.17) is 0 Å². The van der Waals surface area contributed by atoms with Gasteiger partial charge >= 0.3 is 0 Å². The van der Waals surface area contributed by atoms with Crippen molar-refractivity contribution < 1.29 is 5.11 Å². The van der Waals surface area contributed by atoms with Crippen molar-refractivity contribution in [3.8, 4) is 0 Å². The third kappa shape index (κ3) is 3.94. The highest BCUT2D eigenvalue weighted by Gasteiger charge is 2.30. The molecular formula is C15H30N2O. The SMILES string of the molecule is CC(C)N1CCC(NCC2(O)CCCCCC2)C1. The fourth-order valence-electron chi connectivity index (χ4n) is 3.32. The molecule has 18 heavy (non-hydrogen) atoms. The van der Waals surface area contributed by atoms with Gasteiger partial charge in [0.1, 0.15) is 0 Å². The number of nitrogens with one attached hydrogen (secondary N) is 1. The highest BCUT2D eigenvalue weighted by Crippen LogP contribution is 2.26. The molecule has 2 fully saturated rings. The molecule has 1 saturated heterocycles. The molecule has 3 heteroatoms. The van der Waals surface area contributed by atoms with Gasteiger partial charge in [0.25, 0.3) is 0 Å². The molecule has 0 radical (unpaired) electrons. The van der Waals surface area contributed by atoms with Crippen LogP contribution in [0.4, 0.5) is 0 Å². The van der Waals surface area contributed by atoms with Crippen LogP contribution in [0.5, 0.6) is 0 Å². The van der Waals surface area contributed by atoms with Gasteiger partial charge in [-0.3, -0.25) is 4.90 Å². The van der Waals surface area contributed by atoms with Crippen molar-refractivity contribution in [1.82, 2.24) is 10.2 Å². The predicted molar refractivity (Wildman–Crippen MR) is 75.8 cm³/mol. The second kappa shape index (κ2) is 6.36. The van der Waals surface area contributed by atoms with E-state index >= 15 is 0 Å². The minimum Gasteiger partial charge on any atom is -0.389 e. The van der Waals surface area contributed by atoms with Gasteiger partial charge in [0, 0.05) is 25.2 Å². The summed E-state index contributed by atoms with van der Waals surface area (Å²) < 4.78 is 0. The monoisotopic (exact) mass is 254 g/mol. The molecule has 0 spiro atoms. The molecule has 0 aromatic rings. The largest absolute Gasteiger partial charge is 0.389 e. The molecule has 2 rings (SSSR count). The van der Waals surface area contributed by atoms with Crippen molar-refractivity contribution in [2.45, 2.75) is 76.5 Å². The van der Waals surface area contributed by atoms with Gasteiger partial charge in [-0.1, -0.05) is 25.7 Å². The van der Waals surface area contributed by atoms with E-state index in [9.17, 15) is 5.11 Å². The van der Waals surface area contributed by atoms with Crippen molar-refractivity contribution in [1.29, 1.82) is 0 Å². The fourth-order valence-corrected chi connectivity index (χ4v) is 3.32. The highest BCUT2D eigenvalue weighted by molar-refractivity contribution is 4.88. The average Bonchev–Trinajstić information content (AvgIpc) is 2.71. The zero-order valence-corrected chi connectivity index (χ0v) is 12.1. The van der Waals surface area contributed by atoms with Gasteiger partial charge in [0.2, 0.25) is 0 Å². The number of hydrogen-bond acceptors (Lipinski definition) is 3.